The molecule has 0 atom stereocenters. The number of hydrogen-bond donors (Lipinski definition) is 0. The molecule has 4 heteroatoms. The SMILES string of the molecule is c1ccc(N2c3ccccc3B3c4c(cc5c(c42)c2cccc4c6ccccc6c6ccccc6c6ccccc6n5c42)-n2c4ccccc4c4cccc3c42)cc1. The van der Waals surface area contributed by atoms with E-state index < -0.39 is 0 Å². The van der Waals surface area contributed by atoms with E-state index in [1.165, 1.54) is 115 Å². The second kappa shape index (κ2) is 11.1. The lowest BCUT2D eigenvalue weighted by Gasteiger charge is -2.40. The molecule has 2 aliphatic heterocycles. The molecule has 266 valence electrons. The summed E-state index contributed by atoms with van der Waals surface area (Å²) in [4.78, 5) is 2.57. The van der Waals surface area contributed by atoms with Crippen LogP contribution in [0.5, 0.6) is 0 Å². The number of aromatic nitrogens is 2. The summed E-state index contributed by atoms with van der Waals surface area (Å²) in [5, 5.41) is 12.5. The Morgan fingerprint density at radius 3 is 1.62 bits per heavy atom. The quantitative estimate of drug-likeness (QED) is 0.153. The van der Waals surface area contributed by atoms with Gasteiger partial charge in [-0.05, 0) is 74.3 Å². The lowest BCUT2D eigenvalue weighted by molar-refractivity contribution is 1.18. The highest BCUT2D eigenvalue weighted by atomic mass is 15.2. The van der Waals surface area contributed by atoms with Crippen molar-refractivity contribution >= 4 is 122 Å². The lowest BCUT2D eigenvalue weighted by Crippen LogP contribution is -2.60. The number of benzene rings is 9. The summed E-state index contributed by atoms with van der Waals surface area (Å²) in [6, 6.07) is 72.6. The standard InChI is InChI=1S/C54H32BN3/c1-2-16-33(17-3-1)56-47-31-13-10-27-43(47)55-44-28-15-25-41-39-23-9-12-30-46(39)58(53(41)44)49-32-48-50(54(56)51(49)55)42-26-14-24-40-37-21-7-5-19-35(37)34-18-4-6-20-36(34)38-22-8-11-29-45(38)57(48)52(40)42/h1-32H. The fourth-order valence-corrected chi connectivity index (χ4v) is 11.1. The zero-order valence-electron chi connectivity index (χ0n) is 31.4. The fourth-order valence-electron chi connectivity index (χ4n) is 11.1. The number of hydrogen-bond acceptors (Lipinski definition) is 1. The van der Waals surface area contributed by atoms with E-state index in [2.05, 4.69) is 208 Å². The van der Waals surface area contributed by atoms with Crippen LogP contribution in [0, 0.1) is 0 Å². The molecule has 0 bridgehead atoms. The second-order valence-corrected chi connectivity index (χ2v) is 16.0. The summed E-state index contributed by atoms with van der Waals surface area (Å²) < 4.78 is 5.19. The Kier molecular flexibility index (Phi) is 5.84. The molecule has 12 aromatic rings. The molecular formula is C54H32BN3. The molecule has 0 spiro atoms. The maximum atomic E-state index is 2.60. The summed E-state index contributed by atoms with van der Waals surface area (Å²) in [7, 11) is 0. The molecule has 0 unspecified atom stereocenters. The van der Waals surface area contributed by atoms with E-state index in [1.807, 2.05) is 0 Å². The van der Waals surface area contributed by atoms with Gasteiger partial charge in [0.25, 0.3) is 6.71 Å². The summed E-state index contributed by atoms with van der Waals surface area (Å²) in [5.74, 6) is 0. The van der Waals surface area contributed by atoms with Crippen molar-refractivity contribution in [2.45, 2.75) is 0 Å². The van der Waals surface area contributed by atoms with Crippen LogP contribution in [-0.2, 0) is 0 Å². The molecule has 58 heavy (non-hydrogen) atoms. The van der Waals surface area contributed by atoms with Gasteiger partial charge >= 0.3 is 0 Å². The minimum absolute atomic E-state index is 0.0476. The average molecular weight is 734 g/mol. The molecule has 0 saturated heterocycles. The first-order chi connectivity index (χ1) is 28.8. The van der Waals surface area contributed by atoms with Crippen LogP contribution < -0.4 is 21.3 Å². The molecular weight excluding hydrogens is 701 g/mol. The van der Waals surface area contributed by atoms with Crippen LogP contribution in [0.1, 0.15) is 0 Å². The molecule has 0 saturated carbocycles. The van der Waals surface area contributed by atoms with Crippen LogP contribution >= 0.6 is 0 Å². The first-order valence-corrected chi connectivity index (χ1v) is 20.2. The third-order valence-corrected chi connectivity index (χ3v) is 13.2. The normalized spacial score (nSPS) is 13.1. The zero-order chi connectivity index (χ0) is 37.6. The largest absolute Gasteiger partial charge is 0.311 e. The van der Waals surface area contributed by atoms with Gasteiger partial charge in [-0.2, -0.15) is 0 Å². The van der Waals surface area contributed by atoms with Crippen molar-refractivity contribution in [1.29, 1.82) is 0 Å². The van der Waals surface area contributed by atoms with E-state index in [-0.39, 0.29) is 6.71 Å². The predicted molar refractivity (Wildman–Crippen MR) is 247 cm³/mol. The van der Waals surface area contributed by atoms with Crippen LogP contribution in [-0.4, -0.2) is 15.7 Å². The van der Waals surface area contributed by atoms with E-state index >= 15 is 0 Å². The van der Waals surface area contributed by atoms with Crippen molar-refractivity contribution in [3.05, 3.63) is 194 Å². The van der Waals surface area contributed by atoms with Crippen molar-refractivity contribution in [2.24, 2.45) is 0 Å². The van der Waals surface area contributed by atoms with Gasteiger partial charge in [0.2, 0.25) is 0 Å². The van der Waals surface area contributed by atoms with Crippen LogP contribution in [0.25, 0.3) is 87.1 Å². The third-order valence-electron chi connectivity index (χ3n) is 13.2. The summed E-state index contributed by atoms with van der Waals surface area (Å²) >= 11 is 0. The Morgan fingerprint density at radius 2 is 0.862 bits per heavy atom. The maximum absolute atomic E-state index is 2.60. The van der Waals surface area contributed by atoms with Gasteiger partial charge in [-0.3, -0.25) is 0 Å². The third kappa shape index (κ3) is 3.71. The highest BCUT2D eigenvalue weighted by Crippen LogP contribution is 2.48. The van der Waals surface area contributed by atoms with Crippen molar-refractivity contribution in [1.82, 2.24) is 8.97 Å². The fraction of sp³-hybridized carbons (Fsp3) is 0. The van der Waals surface area contributed by atoms with Gasteiger partial charge in [-0.15, -0.1) is 0 Å². The number of fused-ring (bicyclic) bond motifs is 18. The maximum Gasteiger partial charge on any atom is 0.252 e. The van der Waals surface area contributed by atoms with Crippen molar-refractivity contribution in [3.63, 3.8) is 0 Å². The van der Waals surface area contributed by atoms with Gasteiger partial charge in [-0.1, -0.05) is 158 Å². The first-order valence-electron chi connectivity index (χ1n) is 20.2. The molecule has 0 radical (unpaired) electrons. The van der Waals surface area contributed by atoms with Gasteiger partial charge in [0.05, 0.1) is 27.8 Å². The second-order valence-electron chi connectivity index (χ2n) is 16.0. The number of nitrogens with zero attached hydrogens (tertiary/aromatic N) is 3. The summed E-state index contributed by atoms with van der Waals surface area (Å²) in [5.41, 5.74) is 15.1. The topological polar surface area (TPSA) is 12.6 Å². The van der Waals surface area contributed by atoms with E-state index in [1.54, 1.807) is 0 Å². The Balaban J connectivity index is 1.33. The van der Waals surface area contributed by atoms with E-state index in [9.17, 15) is 0 Å². The van der Waals surface area contributed by atoms with Gasteiger partial charge in [-0.25, -0.2) is 0 Å². The Morgan fingerprint density at radius 1 is 0.345 bits per heavy atom. The number of para-hydroxylation sites is 6. The van der Waals surface area contributed by atoms with Crippen molar-refractivity contribution in [3.8, 4) is 5.69 Å². The smallest absolute Gasteiger partial charge is 0.252 e. The van der Waals surface area contributed by atoms with Crippen molar-refractivity contribution < 1.29 is 0 Å². The van der Waals surface area contributed by atoms with Gasteiger partial charge in [0, 0.05) is 54.9 Å². The highest BCUT2D eigenvalue weighted by molar-refractivity contribution is 7.00. The van der Waals surface area contributed by atoms with E-state index in [0.29, 0.717) is 0 Å². The predicted octanol–water partition coefficient (Wildman–Crippen LogP) is 12.0. The van der Waals surface area contributed by atoms with E-state index in [4.69, 9.17) is 0 Å². The van der Waals surface area contributed by atoms with E-state index in [0.717, 1.165) is 5.69 Å². The highest BCUT2D eigenvalue weighted by Gasteiger charge is 2.43. The Hall–Kier alpha value is -7.56. The first kappa shape index (κ1) is 30.6. The lowest BCUT2D eigenvalue weighted by atomic mass is 9.33. The minimum Gasteiger partial charge on any atom is -0.311 e. The van der Waals surface area contributed by atoms with Gasteiger partial charge in [0.1, 0.15) is 0 Å². The summed E-state index contributed by atoms with van der Waals surface area (Å²) in [6.45, 7) is 0.0476. The molecule has 0 N–H and O–H groups in total. The molecule has 0 amide bonds. The molecule has 3 aromatic heterocycles. The zero-order valence-corrected chi connectivity index (χ0v) is 31.4. The minimum atomic E-state index is 0.0476. The summed E-state index contributed by atoms with van der Waals surface area (Å²) in [6.07, 6.45) is 0. The molecule has 0 aliphatic carbocycles. The Bertz CT molecular complexity index is 3820. The average Bonchev–Trinajstić information content (AvgIpc) is 3.82. The molecule has 14 rings (SSSR count). The van der Waals surface area contributed by atoms with Gasteiger partial charge < -0.3 is 13.9 Å². The molecule has 5 heterocycles. The van der Waals surface area contributed by atoms with Gasteiger partial charge in [0.15, 0.2) is 0 Å². The molecule has 9 aromatic carbocycles. The van der Waals surface area contributed by atoms with Crippen LogP contribution in [0.3, 0.4) is 0 Å². The molecule has 2 aliphatic rings. The van der Waals surface area contributed by atoms with Crippen LogP contribution in [0.15, 0.2) is 194 Å². The van der Waals surface area contributed by atoms with Crippen molar-refractivity contribution in [2.75, 3.05) is 4.90 Å². The van der Waals surface area contributed by atoms with Crippen LogP contribution in [0.4, 0.5) is 17.1 Å². The number of rotatable bonds is 1. The number of anilines is 3. The van der Waals surface area contributed by atoms with Crippen LogP contribution in [0.2, 0.25) is 0 Å². The monoisotopic (exact) mass is 733 g/mol. The Labute approximate surface area is 334 Å². The molecule has 3 nitrogen and oxygen atoms in total. The molecule has 0 fully saturated rings.